The fraction of sp³-hybridized carbons (Fsp3) is 0.417. The van der Waals surface area contributed by atoms with Gasteiger partial charge in [-0.25, -0.2) is 0 Å². The van der Waals surface area contributed by atoms with Gasteiger partial charge in [-0.15, -0.1) is 0 Å². The minimum atomic E-state index is 0.568. The quantitative estimate of drug-likeness (QED) is 0.771. The van der Waals surface area contributed by atoms with E-state index in [1.807, 2.05) is 12.3 Å². The molecule has 1 fully saturated rings. The van der Waals surface area contributed by atoms with Crippen LogP contribution >= 0.6 is 0 Å². The van der Waals surface area contributed by atoms with E-state index in [0.29, 0.717) is 5.92 Å². The molecule has 6 nitrogen and oxygen atoms in total. The molecule has 0 unspecified atom stereocenters. The van der Waals surface area contributed by atoms with Gasteiger partial charge in [-0.05, 0) is 35.7 Å². The van der Waals surface area contributed by atoms with E-state index < -0.39 is 0 Å². The Morgan fingerprint density at radius 3 is 2.50 bits per heavy atom. The first-order valence-corrected chi connectivity index (χ1v) is 10.8. The van der Waals surface area contributed by atoms with Gasteiger partial charge in [-0.3, -0.25) is 10.4 Å². The third kappa shape index (κ3) is 4.27. The van der Waals surface area contributed by atoms with Crippen LogP contribution < -0.4 is 15.2 Å². The monoisotopic (exact) mass is 404 g/mol. The predicted molar refractivity (Wildman–Crippen MR) is 125 cm³/mol. The van der Waals surface area contributed by atoms with Gasteiger partial charge in [-0.1, -0.05) is 32.6 Å². The Balaban J connectivity index is 1.34. The zero-order valence-electron chi connectivity index (χ0n) is 18.3. The maximum Gasteiger partial charge on any atom is 0.115 e. The van der Waals surface area contributed by atoms with E-state index >= 15 is 0 Å². The van der Waals surface area contributed by atoms with E-state index in [1.54, 1.807) is 0 Å². The molecule has 0 radical (unpaired) electrons. The third-order valence-electron chi connectivity index (χ3n) is 6.06. The molecule has 1 aromatic carbocycles. The predicted octanol–water partition coefficient (Wildman–Crippen LogP) is 3.63. The number of nitrogens with zero attached hydrogens (tertiary/aromatic N) is 5. The number of hydrogen-bond acceptors (Lipinski definition) is 6. The van der Waals surface area contributed by atoms with Gasteiger partial charge in [0.2, 0.25) is 0 Å². The van der Waals surface area contributed by atoms with Crippen molar-refractivity contribution in [2.45, 2.75) is 26.2 Å². The number of pyridine rings is 1. The molecule has 3 heterocycles. The molecule has 2 aromatic rings. The first kappa shape index (κ1) is 20.3. The molecule has 0 saturated carbocycles. The van der Waals surface area contributed by atoms with Crippen LogP contribution in [0.4, 0.5) is 11.4 Å². The summed E-state index contributed by atoms with van der Waals surface area (Å²) in [5.41, 5.74) is 8.97. The van der Waals surface area contributed by atoms with Crippen LogP contribution in [0.3, 0.4) is 0 Å². The van der Waals surface area contributed by atoms with Crippen LogP contribution in [0.2, 0.25) is 0 Å². The van der Waals surface area contributed by atoms with Crippen LogP contribution in [0.15, 0.2) is 60.1 Å². The van der Waals surface area contributed by atoms with E-state index in [9.17, 15) is 0 Å². The molecule has 6 heteroatoms. The Kier molecular flexibility index (Phi) is 5.93. The molecule has 1 saturated heterocycles. The van der Waals surface area contributed by atoms with Crippen molar-refractivity contribution in [2.24, 2.45) is 5.10 Å². The molecular weight excluding hydrogens is 372 g/mol. The average molecular weight is 405 g/mol. The largest absolute Gasteiger partial charge is 0.372 e. The van der Waals surface area contributed by atoms with E-state index in [-0.39, 0.29) is 0 Å². The number of hydrazone groups is 1. The van der Waals surface area contributed by atoms with Crippen LogP contribution in [0.5, 0.6) is 0 Å². The summed E-state index contributed by atoms with van der Waals surface area (Å²) in [4.78, 5) is 11.5. The fourth-order valence-electron chi connectivity index (χ4n) is 4.06. The Hall–Kier alpha value is -3.02. The number of aromatic nitrogens is 1. The topological polar surface area (TPSA) is 47.0 Å². The van der Waals surface area contributed by atoms with Crippen LogP contribution in [0.25, 0.3) is 0 Å². The van der Waals surface area contributed by atoms with E-state index in [2.05, 4.69) is 88.0 Å². The minimum Gasteiger partial charge on any atom is -0.372 e. The van der Waals surface area contributed by atoms with Crippen LogP contribution in [0.1, 0.15) is 37.4 Å². The molecule has 30 heavy (non-hydrogen) atoms. The summed E-state index contributed by atoms with van der Waals surface area (Å²) in [7, 11) is 2.10. The first-order chi connectivity index (χ1) is 14.5. The summed E-state index contributed by atoms with van der Waals surface area (Å²) >= 11 is 0. The zero-order valence-corrected chi connectivity index (χ0v) is 18.3. The van der Waals surface area contributed by atoms with Gasteiger partial charge in [0, 0.05) is 58.1 Å². The van der Waals surface area contributed by atoms with E-state index in [0.717, 1.165) is 62.1 Å². The zero-order chi connectivity index (χ0) is 21.1. The molecule has 0 atom stereocenters. The highest BCUT2D eigenvalue weighted by molar-refractivity contribution is 6.05. The van der Waals surface area contributed by atoms with Crippen molar-refractivity contribution in [1.82, 2.24) is 15.3 Å². The maximum absolute atomic E-state index is 4.66. The molecule has 0 bridgehead atoms. The summed E-state index contributed by atoms with van der Waals surface area (Å²) in [6.45, 7) is 13.5. The summed E-state index contributed by atoms with van der Waals surface area (Å²) < 4.78 is 0. The lowest BCUT2D eigenvalue weighted by molar-refractivity contribution is 0.303. The van der Waals surface area contributed by atoms with Crippen LogP contribution in [-0.4, -0.2) is 55.4 Å². The summed E-state index contributed by atoms with van der Waals surface area (Å²) in [6, 6.07) is 13.1. The van der Waals surface area contributed by atoms with Gasteiger partial charge >= 0.3 is 0 Å². The SMILES string of the molecule is C=C(N/N=C1/CCN(C)c2cccnc21)N1CCN(c2ccc(C(C)C)cc2)CC1. The van der Waals surface area contributed by atoms with Crippen molar-refractivity contribution in [3.05, 3.63) is 66.3 Å². The lowest BCUT2D eigenvalue weighted by Gasteiger charge is -2.38. The number of piperazine rings is 1. The molecule has 0 amide bonds. The lowest BCUT2D eigenvalue weighted by atomic mass is 10.0. The summed E-state index contributed by atoms with van der Waals surface area (Å²) in [5, 5.41) is 4.66. The van der Waals surface area contributed by atoms with Crippen molar-refractivity contribution in [1.29, 1.82) is 0 Å². The second kappa shape index (κ2) is 8.78. The highest BCUT2D eigenvalue weighted by Crippen LogP contribution is 2.24. The van der Waals surface area contributed by atoms with E-state index in [1.165, 1.54) is 11.3 Å². The van der Waals surface area contributed by atoms with E-state index in [4.69, 9.17) is 0 Å². The second-order valence-corrected chi connectivity index (χ2v) is 8.38. The number of rotatable bonds is 5. The van der Waals surface area contributed by atoms with Gasteiger partial charge in [0.05, 0.1) is 11.4 Å². The molecule has 1 aromatic heterocycles. The van der Waals surface area contributed by atoms with Crippen molar-refractivity contribution < 1.29 is 0 Å². The molecule has 2 aliphatic heterocycles. The third-order valence-corrected chi connectivity index (χ3v) is 6.06. The van der Waals surface area contributed by atoms with Crippen LogP contribution in [0, 0.1) is 0 Å². The van der Waals surface area contributed by atoms with Gasteiger partial charge in [0.25, 0.3) is 0 Å². The Bertz CT molecular complexity index is 910. The van der Waals surface area contributed by atoms with Gasteiger partial charge in [-0.2, -0.15) is 5.10 Å². The van der Waals surface area contributed by atoms with Crippen LogP contribution in [-0.2, 0) is 0 Å². The molecule has 158 valence electrons. The summed E-state index contributed by atoms with van der Waals surface area (Å²) in [6.07, 6.45) is 2.70. The molecule has 2 aliphatic rings. The highest BCUT2D eigenvalue weighted by atomic mass is 15.4. The average Bonchev–Trinajstić information content (AvgIpc) is 2.79. The summed E-state index contributed by atoms with van der Waals surface area (Å²) in [5.74, 6) is 1.42. The fourth-order valence-corrected chi connectivity index (χ4v) is 4.06. The van der Waals surface area contributed by atoms with Crippen molar-refractivity contribution >= 4 is 17.1 Å². The Labute approximate surface area is 179 Å². The molecule has 0 spiro atoms. The van der Waals surface area contributed by atoms with Crippen molar-refractivity contribution in [2.75, 3.05) is 49.6 Å². The normalized spacial score (nSPS) is 18.0. The minimum absolute atomic E-state index is 0.568. The maximum atomic E-state index is 4.66. The highest BCUT2D eigenvalue weighted by Gasteiger charge is 2.21. The second-order valence-electron chi connectivity index (χ2n) is 8.38. The number of hydrogen-bond donors (Lipinski definition) is 1. The van der Waals surface area contributed by atoms with Gasteiger partial charge in [0.1, 0.15) is 11.5 Å². The number of anilines is 2. The lowest BCUT2D eigenvalue weighted by Crippen LogP contribution is -2.47. The Morgan fingerprint density at radius 1 is 1.07 bits per heavy atom. The van der Waals surface area contributed by atoms with Crippen molar-refractivity contribution in [3.63, 3.8) is 0 Å². The smallest absolute Gasteiger partial charge is 0.115 e. The number of fused-ring (bicyclic) bond motifs is 1. The van der Waals surface area contributed by atoms with Crippen molar-refractivity contribution in [3.8, 4) is 0 Å². The molecule has 4 rings (SSSR count). The molecular formula is C24H32N6. The van der Waals surface area contributed by atoms with Gasteiger partial charge in [0.15, 0.2) is 0 Å². The van der Waals surface area contributed by atoms with Gasteiger partial charge < -0.3 is 14.7 Å². The standard InChI is InChI=1S/C24H32N6/c1-18(2)20-7-9-21(10-8-20)30-16-14-29(15-17-30)19(3)26-27-22-11-13-28(4)23-6-5-12-25-24(22)23/h5-10,12,18,26H,3,11,13-17H2,1-2,4H3/b27-22-. The first-order valence-electron chi connectivity index (χ1n) is 10.8. The molecule has 1 N–H and O–H groups in total. The molecule has 0 aliphatic carbocycles. The Morgan fingerprint density at radius 2 is 1.80 bits per heavy atom. The number of nitrogens with one attached hydrogen (secondary N) is 1. The number of benzene rings is 1.